The second-order valence-corrected chi connectivity index (χ2v) is 8.63. The fraction of sp³-hybridized carbons (Fsp3) is 0.550. The van der Waals surface area contributed by atoms with E-state index in [0.717, 1.165) is 6.42 Å². The minimum atomic E-state index is -0.171. The van der Waals surface area contributed by atoms with Crippen molar-refractivity contribution >= 4 is 21.8 Å². The predicted molar refractivity (Wildman–Crippen MR) is 98.0 cm³/mol. The van der Waals surface area contributed by atoms with Crippen molar-refractivity contribution in [2.45, 2.75) is 50.1 Å². The van der Waals surface area contributed by atoms with E-state index in [-0.39, 0.29) is 28.8 Å². The fourth-order valence-electron chi connectivity index (χ4n) is 5.05. The Morgan fingerprint density at radius 1 is 1.25 bits per heavy atom. The zero-order valence-electron chi connectivity index (χ0n) is 14.3. The average molecular weight is 390 g/mol. The van der Waals surface area contributed by atoms with Crippen LogP contribution in [-0.2, 0) is 9.53 Å². The Hall–Kier alpha value is -1.29. The van der Waals surface area contributed by atoms with E-state index in [9.17, 15) is 4.79 Å². The number of amides is 1. The number of ether oxygens (including phenoxy) is 1. The molecule has 1 aromatic rings. The summed E-state index contributed by atoms with van der Waals surface area (Å²) in [7, 11) is 0. The summed E-state index contributed by atoms with van der Waals surface area (Å²) in [5.41, 5.74) is 3.91. The number of piperidine rings is 1. The molecule has 1 saturated carbocycles. The summed E-state index contributed by atoms with van der Waals surface area (Å²) in [6.07, 6.45) is 3.21. The molecule has 1 amide bonds. The molecule has 1 aromatic carbocycles. The molecule has 24 heavy (non-hydrogen) atoms. The maximum absolute atomic E-state index is 12.6. The molecule has 0 radical (unpaired) electrons. The molecule has 1 N–H and O–H groups in total. The monoisotopic (exact) mass is 389 g/mol. The second kappa shape index (κ2) is 5.91. The lowest BCUT2D eigenvalue weighted by Crippen LogP contribution is -2.61. The van der Waals surface area contributed by atoms with E-state index in [1.165, 1.54) is 16.7 Å². The first kappa shape index (κ1) is 16.2. The lowest BCUT2D eigenvalue weighted by atomic mass is 9.61. The van der Waals surface area contributed by atoms with Crippen molar-refractivity contribution < 1.29 is 9.53 Å². The number of halogens is 1. The second-order valence-electron chi connectivity index (χ2n) is 7.65. The summed E-state index contributed by atoms with van der Waals surface area (Å²) in [5.74, 6) is 1.54. The van der Waals surface area contributed by atoms with Gasteiger partial charge in [0.1, 0.15) is 10.9 Å². The first-order valence-electron chi connectivity index (χ1n) is 8.81. The molecule has 3 nitrogen and oxygen atoms in total. The van der Waals surface area contributed by atoms with Gasteiger partial charge in [-0.3, -0.25) is 4.79 Å². The average Bonchev–Trinajstić information content (AvgIpc) is 2.93. The van der Waals surface area contributed by atoms with Crippen LogP contribution < -0.4 is 5.32 Å². The van der Waals surface area contributed by atoms with E-state index in [1.807, 2.05) is 6.26 Å². The molecule has 1 saturated heterocycles. The van der Waals surface area contributed by atoms with Gasteiger partial charge in [0.15, 0.2) is 0 Å². The van der Waals surface area contributed by atoms with Crippen molar-refractivity contribution in [3.05, 3.63) is 47.2 Å². The van der Waals surface area contributed by atoms with E-state index in [2.05, 4.69) is 66.3 Å². The van der Waals surface area contributed by atoms with Crippen molar-refractivity contribution in [2.75, 3.05) is 0 Å². The summed E-state index contributed by atoms with van der Waals surface area (Å²) in [6.45, 7) is 6.55. The highest BCUT2D eigenvalue weighted by Gasteiger charge is 2.54. The van der Waals surface area contributed by atoms with Crippen LogP contribution in [0.1, 0.15) is 37.3 Å². The lowest BCUT2D eigenvalue weighted by molar-refractivity contribution is -0.127. The Morgan fingerprint density at radius 3 is 2.75 bits per heavy atom. The first-order chi connectivity index (χ1) is 11.5. The van der Waals surface area contributed by atoms with Crippen LogP contribution >= 0.6 is 15.9 Å². The van der Waals surface area contributed by atoms with Gasteiger partial charge in [-0.2, -0.15) is 0 Å². The van der Waals surface area contributed by atoms with Gasteiger partial charge in [0.2, 0.25) is 5.91 Å². The largest absolute Gasteiger partial charge is 0.497 e. The number of carbonyl (C=O) groups excluding carboxylic acids is 1. The van der Waals surface area contributed by atoms with Crippen LogP contribution in [0, 0.1) is 24.7 Å². The number of hydrogen-bond donors (Lipinski definition) is 1. The molecule has 2 heterocycles. The topological polar surface area (TPSA) is 38.3 Å². The van der Waals surface area contributed by atoms with Crippen molar-refractivity contribution in [2.24, 2.45) is 17.8 Å². The number of rotatable bonds is 1. The van der Waals surface area contributed by atoms with Gasteiger partial charge in [-0.25, -0.2) is 0 Å². The zero-order valence-corrected chi connectivity index (χ0v) is 15.9. The summed E-state index contributed by atoms with van der Waals surface area (Å²) in [5, 5.41) is 3.28. The maximum atomic E-state index is 12.6. The molecular weight excluding hydrogens is 366 g/mol. The highest BCUT2D eigenvalue weighted by atomic mass is 79.9. The molecular formula is C20H24BrNO2. The minimum absolute atomic E-state index is 0.109. The van der Waals surface area contributed by atoms with Crippen LogP contribution in [-0.4, -0.2) is 22.9 Å². The molecule has 7 atom stereocenters. The quantitative estimate of drug-likeness (QED) is 0.739. The standard InChI is InChI=1S/C20H24BrNO2/c1-10-6-4-5-7-13(10)16-15-8-14-11(2)9-24-19(14)12(3)18(15)22-20(23)17(16)21/h4-7,9,12,14-19H,8H2,1-3H3,(H,22,23). The SMILES string of the molecule is CC1=COC2C1CC1C(NC(=O)C(Br)C1c1ccccc1C)C2C. The molecule has 2 aliphatic heterocycles. The fourth-order valence-corrected chi connectivity index (χ4v) is 5.86. The molecule has 3 aliphatic rings. The van der Waals surface area contributed by atoms with Crippen LogP contribution in [0.4, 0.5) is 0 Å². The van der Waals surface area contributed by atoms with Gasteiger partial charge >= 0.3 is 0 Å². The van der Waals surface area contributed by atoms with Crippen LogP contribution in [0.5, 0.6) is 0 Å². The Labute approximate surface area is 152 Å². The number of alkyl halides is 1. The summed E-state index contributed by atoms with van der Waals surface area (Å²) < 4.78 is 5.93. The van der Waals surface area contributed by atoms with Gasteiger partial charge in [-0.05, 0) is 42.9 Å². The third kappa shape index (κ3) is 2.33. The van der Waals surface area contributed by atoms with Crippen molar-refractivity contribution in [1.29, 1.82) is 0 Å². The van der Waals surface area contributed by atoms with Gasteiger partial charge in [-0.15, -0.1) is 0 Å². The number of aryl methyl sites for hydroxylation is 1. The molecule has 0 bridgehead atoms. The predicted octanol–water partition coefficient (Wildman–Crippen LogP) is 3.92. The molecule has 2 fully saturated rings. The number of benzene rings is 1. The van der Waals surface area contributed by atoms with Crippen molar-refractivity contribution in [3.63, 3.8) is 0 Å². The number of carbonyl (C=O) groups is 1. The van der Waals surface area contributed by atoms with Crippen molar-refractivity contribution in [1.82, 2.24) is 5.32 Å². The van der Waals surface area contributed by atoms with Crippen LogP contribution in [0.25, 0.3) is 0 Å². The lowest BCUT2D eigenvalue weighted by Gasteiger charge is -2.50. The van der Waals surface area contributed by atoms with Gasteiger partial charge < -0.3 is 10.1 Å². The number of fused-ring (bicyclic) bond motifs is 2. The highest BCUT2D eigenvalue weighted by Crippen LogP contribution is 2.51. The van der Waals surface area contributed by atoms with Crippen LogP contribution in [0.2, 0.25) is 0 Å². The van der Waals surface area contributed by atoms with Gasteiger partial charge in [0, 0.05) is 23.8 Å². The van der Waals surface area contributed by atoms with Gasteiger partial charge in [-0.1, -0.05) is 47.1 Å². The molecule has 4 heteroatoms. The van der Waals surface area contributed by atoms with E-state index < -0.39 is 0 Å². The van der Waals surface area contributed by atoms with Crippen LogP contribution in [0.15, 0.2) is 36.1 Å². The van der Waals surface area contributed by atoms with Crippen LogP contribution in [0.3, 0.4) is 0 Å². The first-order valence-corrected chi connectivity index (χ1v) is 9.72. The summed E-state index contributed by atoms with van der Waals surface area (Å²) in [4.78, 5) is 12.5. The number of hydrogen-bond acceptors (Lipinski definition) is 2. The molecule has 0 aromatic heterocycles. The summed E-state index contributed by atoms with van der Waals surface area (Å²) >= 11 is 3.70. The van der Waals surface area contributed by atoms with E-state index in [1.54, 1.807) is 0 Å². The summed E-state index contributed by atoms with van der Waals surface area (Å²) in [6, 6.07) is 8.67. The van der Waals surface area contributed by atoms with E-state index in [0.29, 0.717) is 17.8 Å². The van der Waals surface area contributed by atoms with E-state index >= 15 is 0 Å². The number of nitrogens with one attached hydrogen (secondary N) is 1. The van der Waals surface area contributed by atoms with Gasteiger partial charge in [0.05, 0.1) is 6.26 Å². The Morgan fingerprint density at radius 2 is 2.00 bits per heavy atom. The third-order valence-electron chi connectivity index (χ3n) is 6.35. The van der Waals surface area contributed by atoms with Crippen molar-refractivity contribution in [3.8, 4) is 0 Å². The smallest absolute Gasteiger partial charge is 0.234 e. The Bertz CT molecular complexity index is 701. The van der Waals surface area contributed by atoms with E-state index in [4.69, 9.17) is 4.74 Å². The Balaban J connectivity index is 1.76. The highest BCUT2D eigenvalue weighted by molar-refractivity contribution is 9.10. The molecule has 7 unspecified atom stereocenters. The Kier molecular flexibility index (Phi) is 3.98. The molecule has 128 valence electrons. The van der Waals surface area contributed by atoms with Gasteiger partial charge in [0.25, 0.3) is 0 Å². The third-order valence-corrected chi connectivity index (χ3v) is 7.33. The zero-order chi connectivity index (χ0) is 17.0. The minimum Gasteiger partial charge on any atom is -0.497 e. The maximum Gasteiger partial charge on any atom is 0.234 e. The normalized spacial score (nSPS) is 40.9. The molecule has 1 aliphatic carbocycles. The molecule has 4 rings (SSSR count). The molecule has 0 spiro atoms.